The highest BCUT2D eigenvalue weighted by Crippen LogP contribution is 2.38. The Kier molecular flexibility index (Phi) is 7.69. The molecular formula is C21H24N8O4. The Morgan fingerprint density at radius 2 is 2.09 bits per heavy atom. The van der Waals surface area contributed by atoms with Gasteiger partial charge in [-0.15, -0.1) is 0 Å². The molecule has 1 unspecified atom stereocenters. The van der Waals surface area contributed by atoms with E-state index in [1.807, 2.05) is 30.3 Å². The lowest BCUT2D eigenvalue weighted by Gasteiger charge is -2.27. The van der Waals surface area contributed by atoms with Crippen LogP contribution in [0.2, 0.25) is 0 Å². The monoisotopic (exact) mass is 452 g/mol. The zero-order chi connectivity index (χ0) is 23.8. The minimum absolute atomic E-state index is 0.0248. The van der Waals surface area contributed by atoms with Gasteiger partial charge in [0.15, 0.2) is 0 Å². The molecule has 0 saturated carbocycles. The highest BCUT2D eigenvalue weighted by atomic mass is 16.6. The number of rotatable bonds is 10. The molecule has 1 aliphatic heterocycles. The number of aromatic nitrogens is 2. The van der Waals surface area contributed by atoms with Crippen LogP contribution < -0.4 is 20.9 Å². The molecule has 2 aromatic rings. The third-order valence-electron chi connectivity index (χ3n) is 5.24. The van der Waals surface area contributed by atoms with E-state index in [-0.39, 0.29) is 36.8 Å². The van der Waals surface area contributed by atoms with Crippen LogP contribution in [0.5, 0.6) is 0 Å². The van der Waals surface area contributed by atoms with E-state index < -0.39 is 22.8 Å². The molecule has 0 aliphatic carbocycles. The SMILES string of the molecule is N#CCCN(Cc1ccccc1)c1ncnc(N2CCCC2C(=O)NCC(N)=O)c1[N+](=O)[O-]. The van der Waals surface area contributed by atoms with Gasteiger partial charge in [-0.05, 0) is 18.4 Å². The van der Waals surface area contributed by atoms with Crippen molar-refractivity contribution in [2.75, 3.05) is 29.4 Å². The minimum atomic E-state index is -0.729. The number of hydrogen-bond acceptors (Lipinski definition) is 9. The van der Waals surface area contributed by atoms with Crippen LogP contribution in [-0.2, 0) is 16.1 Å². The molecule has 2 amide bonds. The van der Waals surface area contributed by atoms with E-state index in [9.17, 15) is 19.7 Å². The van der Waals surface area contributed by atoms with Crippen LogP contribution in [0.15, 0.2) is 36.7 Å². The van der Waals surface area contributed by atoms with E-state index in [0.29, 0.717) is 25.9 Å². The van der Waals surface area contributed by atoms with Gasteiger partial charge in [-0.3, -0.25) is 19.7 Å². The maximum absolute atomic E-state index is 12.6. The van der Waals surface area contributed by atoms with Crippen LogP contribution in [-0.4, -0.2) is 52.4 Å². The summed E-state index contributed by atoms with van der Waals surface area (Å²) in [4.78, 5) is 46.8. The number of nitrogens with two attached hydrogens (primary N) is 1. The standard InChI is InChI=1S/C21H24N8O4/c22-9-5-10-27(13-15-6-2-1-3-7-15)19-18(29(32)33)20(26-14-25-19)28-11-4-8-16(28)21(31)24-12-17(23)30/h1-3,6-7,14,16H,4-5,8,10-13H2,(H2,23,30)(H,24,31). The Labute approximate surface area is 190 Å². The Balaban J connectivity index is 1.98. The molecule has 1 aromatic carbocycles. The maximum Gasteiger partial charge on any atom is 0.353 e. The molecule has 3 N–H and O–H groups in total. The number of carbonyl (C=O) groups is 2. The number of carbonyl (C=O) groups excluding carboxylic acids is 2. The van der Waals surface area contributed by atoms with Crippen LogP contribution in [0.1, 0.15) is 24.8 Å². The van der Waals surface area contributed by atoms with Gasteiger partial charge >= 0.3 is 5.69 Å². The molecule has 1 aromatic heterocycles. The van der Waals surface area contributed by atoms with Gasteiger partial charge in [0.1, 0.15) is 12.4 Å². The number of nitrogens with zero attached hydrogens (tertiary/aromatic N) is 6. The normalized spacial score (nSPS) is 15.0. The molecule has 0 spiro atoms. The van der Waals surface area contributed by atoms with Crippen molar-refractivity contribution in [2.24, 2.45) is 5.73 Å². The van der Waals surface area contributed by atoms with Gasteiger partial charge in [-0.25, -0.2) is 9.97 Å². The molecule has 0 bridgehead atoms. The number of nitro groups is 1. The van der Waals surface area contributed by atoms with Crippen LogP contribution >= 0.6 is 0 Å². The van der Waals surface area contributed by atoms with Crippen LogP contribution in [0, 0.1) is 21.4 Å². The van der Waals surface area contributed by atoms with Gasteiger partial charge in [-0.1, -0.05) is 30.3 Å². The van der Waals surface area contributed by atoms with E-state index in [1.165, 1.54) is 6.33 Å². The van der Waals surface area contributed by atoms with Gasteiger partial charge in [0.2, 0.25) is 23.5 Å². The summed E-state index contributed by atoms with van der Waals surface area (Å²) < 4.78 is 0. The molecule has 33 heavy (non-hydrogen) atoms. The molecule has 1 saturated heterocycles. The fourth-order valence-corrected chi connectivity index (χ4v) is 3.80. The summed E-state index contributed by atoms with van der Waals surface area (Å²) in [6.45, 7) is 0.593. The number of nitriles is 1. The zero-order valence-electron chi connectivity index (χ0n) is 17.9. The summed E-state index contributed by atoms with van der Waals surface area (Å²) in [5.74, 6) is -1.03. The third kappa shape index (κ3) is 5.70. The van der Waals surface area contributed by atoms with Crippen LogP contribution in [0.3, 0.4) is 0 Å². The molecular weight excluding hydrogens is 428 g/mol. The molecule has 3 rings (SSSR count). The predicted octanol–water partition coefficient (Wildman–Crippen LogP) is 0.875. The van der Waals surface area contributed by atoms with E-state index in [2.05, 4.69) is 21.4 Å². The Bertz CT molecular complexity index is 1060. The molecule has 12 nitrogen and oxygen atoms in total. The Morgan fingerprint density at radius 1 is 1.33 bits per heavy atom. The second-order valence-corrected chi connectivity index (χ2v) is 7.48. The van der Waals surface area contributed by atoms with Crippen molar-refractivity contribution >= 4 is 29.1 Å². The van der Waals surface area contributed by atoms with Gasteiger partial charge in [0.05, 0.1) is 24.0 Å². The summed E-state index contributed by atoms with van der Waals surface area (Å²) in [5, 5.41) is 23.7. The zero-order valence-corrected chi connectivity index (χ0v) is 17.9. The van der Waals surface area contributed by atoms with Crippen molar-refractivity contribution in [3.8, 4) is 6.07 Å². The van der Waals surface area contributed by atoms with Crippen molar-refractivity contribution < 1.29 is 14.5 Å². The van der Waals surface area contributed by atoms with Gasteiger partial charge in [0.25, 0.3) is 0 Å². The summed E-state index contributed by atoms with van der Waals surface area (Å²) in [5.41, 5.74) is 5.67. The molecule has 2 heterocycles. The average molecular weight is 452 g/mol. The van der Waals surface area contributed by atoms with E-state index in [4.69, 9.17) is 11.0 Å². The first-order valence-corrected chi connectivity index (χ1v) is 10.4. The lowest BCUT2D eigenvalue weighted by molar-refractivity contribution is -0.383. The first-order valence-electron chi connectivity index (χ1n) is 10.4. The number of amides is 2. The average Bonchev–Trinajstić information content (AvgIpc) is 3.30. The van der Waals surface area contributed by atoms with Crippen LogP contribution in [0.25, 0.3) is 0 Å². The molecule has 0 radical (unpaired) electrons. The summed E-state index contributed by atoms with van der Waals surface area (Å²) in [6.07, 6.45) is 2.43. The summed E-state index contributed by atoms with van der Waals surface area (Å²) >= 11 is 0. The van der Waals surface area contributed by atoms with E-state index in [1.54, 1.807) is 9.80 Å². The fourth-order valence-electron chi connectivity index (χ4n) is 3.80. The van der Waals surface area contributed by atoms with Crippen molar-refractivity contribution in [2.45, 2.75) is 31.8 Å². The smallest absolute Gasteiger partial charge is 0.353 e. The second-order valence-electron chi connectivity index (χ2n) is 7.48. The molecule has 1 aliphatic rings. The van der Waals surface area contributed by atoms with Gasteiger partial charge in [0, 0.05) is 19.6 Å². The first kappa shape index (κ1) is 23.4. The third-order valence-corrected chi connectivity index (χ3v) is 5.24. The minimum Gasteiger partial charge on any atom is -0.368 e. The number of nitrogens with one attached hydrogen (secondary N) is 1. The Hall–Kier alpha value is -4.27. The Morgan fingerprint density at radius 3 is 2.76 bits per heavy atom. The highest BCUT2D eigenvalue weighted by Gasteiger charge is 2.38. The maximum atomic E-state index is 12.6. The highest BCUT2D eigenvalue weighted by molar-refractivity contribution is 5.90. The van der Waals surface area contributed by atoms with Crippen LogP contribution in [0.4, 0.5) is 17.3 Å². The predicted molar refractivity (Wildman–Crippen MR) is 119 cm³/mol. The van der Waals surface area contributed by atoms with E-state index in [0.717, 1.165) is 5.56 Å². The first-order chi connectivity index (χ1) is 15.9. The molecule has 1 fully saturated rings. The van der Waals surface area contributed by atoms with E-state index >= 15 is 0 Å². The fraction of sp³-hybridized carbons (Fsp3) is 0.381. The number of anilines is 2. The topological polar surface area (TPSA) is 171 Å². The van der Waals surface area contributed by atoms with Gasteiger partial charge < -0.3 is 20.9 Å². The summed E-state index contributed by atoms with van der Waals surface area (Å²) in [6, 6.07) is 10.7. The van der Waals surface area contributed by atoms with Crippen molar-refractivity contribution in [3.63, 3.8) is 0 Å². The molecule has 12 heteroatoms. The molecule has 172 valence electrons. The number of benzene rings is 1. The lowest BCUT2D eigenvalue weighted by atomic mass is 10.2. The number of hydrogen-bond donors (Lipinski definition) is 2. The van der Waals surface area contributed by atoms with Gasteiger partial charge in [-0.2, -0.15) is 5.26 Å². The van der Waals surface area contributed by atoms with Crippen molar-refractivity contribution in [3.05, 3.63) is 52.3 Å². The summed E-state index contributed by atoms with van der Waals surface area (Å²) in [7, 11) is 0. The largest absolute Gasteiger partial charge is 0.368 e. The molecule has 1 atom stereocenters. The van der Waals surface area contributed by atoms with Crippen molar-refractivity contribution in [1.82, 2.24) is 15.3 Å². The number of primary amides is 1. The quantitative estimate of drug-likeness (QED) is 0.392. The second kappa shape index (κ2) is 10.9. The van der Waals surface area contributed by atoms with Crippen molar-refractivity contribution in [1.29, 1.82) is 5.26 Å². The lowest BCUT2D eigenvalue weighted by Crippen LogP contribution is -2.46.